The van der Waals surface area contributed by atoms with Crippen molar-refractivity contribution in [3.63, 3.8) is 0 Å². The highest BCUT2D eigenvalue weighted by atomic mass is 16.4. The minimum Gasteiger partial charge on any atom is -0.481 e. The molecule has 0 bridgehead atoms. The molecule has 6 heteroatoms. The molecular formula is C34H46N2O4. The molecule has 6 nitrogen and oxygen atoms in total. The SMILES string of the molecule is CCCC(=O)Nc1cc(NC(=O)C=C(C)C=CC=C(C)C=CC2=C(C)CCCC2(C)C)ccc1C(CC)C(=O)O. The van der Waals surface area contributed by atoms with Crippen molar-refractivity contribution in [2.75, 3.05) is 10.6 Å². The molecule has 1 atom stereocenters. The van der Waals surface area contributed by atoms with Crippen LogP contribution in [0.5, 0.6) is 0 Å². The van der Waals surface area contributed by atoms with Gasteiger partial charge < -0.3 is 15.7 Å². The summed E-state index contributed by atoms with van der Waals surface area (Å²) in [5.41, 5.74) is 6.41. The van der Waals surface area contributed by atoms with E-state index in [4.69, 9.17) is 0 Å². The van der Waals surface area contributed by atoms with Crippen molar-refractivity contribution in [3.8, 4) is 0 Å². The van der Waals surface area contributed by atoms with E-state index in [1.165, 1.54) is 36.5 Å². The molecular weight excluding hydrogens is 500 g/mol. The summed E-state index contributed by atoms with van der Waals surface area (Å²) in [6, 6.07) is 4.94. The van der Waals surface area contributed by atoms with Crippen molar-refractivity contribution in [2.24, 2.45) is 5.41 Å². The minimum absolute atomic E-state index is 0.194. The van der Waals surface area contributed by atoms with Crippen molar-refractivity contribution in [3.05, 3.63) is 82.5 Å². The number of carbonyl (C=O) groups is 3. The first-order valence-electron chi connectivity index (χ1n) is 14.3. The number of amides is 2. The lowest BCUT2D eigenvalue weighted by atomic mass is 9.72. The van der Waals surface area contributed by atoms with E-state index in [-0.39, 0.29) is 17.2 Å². The lowest BCUT2D eigenvalue weighted by molar-refractivity contribution is -0.138. The van der Waals surface area contributed by atoms with Gasteiger partial charge in [-0.25, -0.2) is 0 Å². The third kappa shape index (κ3) is 9.82. The van der Waals surface area contributed by atoms with Crippen molar-refractivity contribution in [1.29, 1.82) is 0 Å². The third-order valence-electron chi connectivity index (χ3n) is 7.29. The Morgan fingerprint density at radius 3 is 2.42 bits per heavy atom. The van der Waals surface area contributed by atoms with Crippen molar-refractivity contribution < 1.29 is 19.5 Å². The molecule has 3 N–H and O–H groups in total. The molecule has 1 aliphatic rings. The normalized spacial score (nSPS) is 16.9. The van der Waals surface area contributed by atoms with Crippen molar-refractivity contribution in [2.45, 2.75) is 92.9 Å². The zero-order valence-corrected chi connectivity index (χ0v) is 25.2. The Kier molecular flexibility index (Phi) is 12.4. The predicted octanol–water partition coefficient (Wildman–Crippen LogP) is 8.47. The van der Waals surface area contributed by atoms with E-state index in [0.29, 0.717) is 36.2 Å². The molecule has 216 valence electrons. The second kappa shape index (κ2) is 15.2. The first-order valence-corrected chi connectivity index (χ1v) is 14.3. The number of nitrogens with one attached hydrogen (secondary N) is 2. The zero-order valence-electron chi connectivity index (χ0n) is 25.2. The largest absolute Gasteiger partial charge is 0.481 e. The van der Waals surface area contributed by atoms with Gasteiger partial charge in [0.15, 0.2) is 0 Å². The second-order valence-electron chi connectivity index (χ2n) is 11.3. The van der Waals surface area contributed by atoms with Gasteiger partial charge in [-0.05, 0) is 87.1 Å². The number of carbonyl (C=O) groups excluding carboxylic acids is 2. The van der Waals surface area contributed by atoms with Crippen molar-refractivity contribution in [1.82, 2.24) is 0 Å². The number of hydrogen-bond acceptors (Lipinski definition) is 3. The van der Waals surface area contributed by atoms with Gasteiger partial charge in [-0.1, -0.05) is 75.3 Å². The highest BCUT2D eigenvalue weighted by molar-refractivity contribution is 6.01. The number of benzene rings is 1. The number of rotatable bonds is 12. The first-order chi connectivity index (χ1) is 18.9. The van der Waals surface area contributed by atoms with E-state index in [2.05, 4.69) is 50.5 Å². The highest BCUT2D eigenvalue weighted by Crippen LogP contribution is 2.40. The Labute approximate surface area is 240 Å². The Morgan fingerprint density at radius 2 is 1.80 bits per heavy atom. The van der Waals surface area contributed by atoms with Crippen LogP contribution in [0.15, 0.2) is 76.9 Å². The fourth-order valence-electron chi connectivity index (χ4n) is 5.08. The molecule has 40 heavy (non-hydrogen) atoms. The maximum atomic E-state index is 12.7. The topological polar surface area (TPSA) is 95.5 Å². The van der Waals surface area contributed by atoms with Gasteiger partial charge in [-0.15, -0.1) is 0 Å². The average molecular weight is 547 g/mol. The van der Waals surface area contributed by atoms with Crippen LogP contribution in [-0.4, -0.2) is 22.9 Å². The lowest BCUT2D eigenvalue weighted by Gasteiger charge is -2.32. The van der Waals surface area contributed by atoms with Gasteiger partial charge >= 0.3 is 5.97 Å². The van der Waals surface area contributed by atoms with Crippen LogP contribution >= 0.6 is 0 Å². The highest BCUT2D eigenvalue weighted by Gasteiger charge is 2.26. The third-order valence-corrected chi connectivity index (χ3v) is 7.29. The van der Waals surface area contributed by atoms with E-state index in [0.717, 1.165) is 11.1 Å². The Morgan fingerprint density at radius 1 is 1.07 bits per heavy atom. The smallest absolute Gasteiger partial charge is 0.311 e. The number of allylic oxidation sites excluding steroid dienone is 9. The number of anilines is 2. The summed E-state index contributed by atoms with van der Waals surface area (Å²) in [5, 5.41) is 15.3. The molecule has 0 aromatic heterocycles. The summed E-state index contributed by atoms with van der Waals surface area (Å²) in [6.07, 6.45) is 16.7. The standard InChI is InChI=1S/C34H46N2O4/c1-8-12-31(37)36-30-22-26(17-18-28(30)27(9-2)33(39)40)35-32(38)21-24(4)14-10-13-23(3)16-19-29-25(5)15-11-20-34(29,6)7/h10,13-14,16-19,21-22,27H,8-9,11-12,15,20H2,1-7H3,(H,35,38)(H,36,37)(H,39,40). The van der Waals surface area contributed by atoms with E-state index < -0.39 is 11.9 Å². The van der Waals surface area contributed by atoms with Crippen LogP contribution in [0.3, 0.4) is 0 Å². The monoisotopic (exact) mass is 546 g/mol. The van der Waals surface area contributed by atoms with Crippen LogP contribution in [-0.2, 0) is 14.4 Å². The summed E-state index contributed by atoms with van der Waals surface area (Å²) in [5.74, 6) is -2.22. The van der Waals surface area contributed by atoms with Gasteiger partial charge in [0.05, 0.1) is 5.92 Å². The molecule has 0 saturated heterocycles. The molecule has 1 aliphatic carbocycles. The maximum Gasteiger partial charge on any atom is 0.311 e. The molecule has 1 aromatic rings. The molecule has 0 radical (unpaired) electrons. The number of carboxylic acid groups (broad SMARTS) is 1. The Balaban J connectivity index is 2.12. The van der Waals surface area contributed by atoms with Crippen LogP contribution in [0, 0.1) is 5.41 Å². The van der Waals surface area contributed by atoms with Crippen LogP contribution < -0.4 is 10.6 Å². The first kappa shape index (κ1) is 32.5. The Hall–Kier alpha value is -3.67. The van der Waals surface area contributed by atoms with E-state index >= 15 is 0 Å². The average Bonchev–Trinajstić information content (AvgIpc) is 2.84. The molecule has 0 spiro atoms. The summed E-state index contributed by atoms with van der Waals surface area (Å²) >= 11 is 0. The van der Waals surface area contributed by atoms with Crippen LogP contribution in [0.2, 0.25) is 0 Å². The molecule has 0 heterocycles. The zero-order chi connectivity index (χ0) is 29.9. The van der Waals surface area contributed by atoms with Crippen LogP contribution in [0.25, 0.3) is 0 Å². The van der Waals surface area contributed by atoms with Gasteiger partial charge in [-0.3, -0.25) is 14.4 Å². The molecule has 1 unspecified atom stereocenters. The number of carboxylic acids is 1. The molecule has 2 amide bonds. The molecule has 0 saturated carbocycles. The number of aliphatic carboxylic acids is 1. The minimum atomic E-state index is -0.958. The molecule has 2 rings (SSSR count). The maximum absolute atomic E-state index is 12.7. The lowest BCUT2D eigenvalue weighted by Crippen LogP contribution is -2.19. The fraction of sp³-hybridized carbons (Fsp3) is 0.441. The molecule has 0 fully saturated rings. The van der Waals surface area contributed by atoms with Gasteiger partial charge in [0, 0.05) is 23.9 Å². The van der Waals surface area contributed by atoms with Gasteiger partial charge in [0.1, 0.15) is 0 Å². The molecule has 1 aromatic carbocycles. The van der Waals surface area contributed by atoms with Gasteiger partial charge in [0.25, 0.3) is 0 Å². The van der Waals surface area contributed by atoms with Crippen molar-refractivity contribution >= 4 is 29.2 Å². The van der Waals surface area contributed by atoms with E-state index in [1.54, 1.807) is 25.1 Å². The molecule has 0 aliphatic heterocycles. The van der Waals surface area contributed by atoms with E-state index in [1.807, 2.05) is 32.1 Å². The number of hydrogen-bond donors (Lipinski definition) is 3. The van der Waals surface area contributed by atoms with Crippen LogP contribution in [0.4, 0.5) is 11.4 Å². The fourth-order valence-corrected chi connectivity index (χ4v) is 5.08. The summed E-state index contributed by atoms with van der Waals surface area (Å²) in [7, 11) is 0. The second-order valence-corrected chi connectivity index (χ2v) is 11.3. The summed E-state index contributed by atoms with van der Waals surface area (Å²) in [6.45, 7) is 14.5. The van der Waals surface area contributed by atoms with Crippen LogP contribution in [0.1, 0.15) is 98.5 Å². The van der Waals surface area contributed by atoms with Gasteiger partial charge in [-0.2, -0.15) is 0 Å². The Bertz CT molecular complexity index is 1240. The summed E-state index contributed by atoms with van der Waals surface area (Å²) in [4.78, 5) is 36.7. The quantitative estimate of drug-likeness (QED) is 0.181. The summed E-state index contributed by atoms with van der Waals surface area (Å²) < 4.78 is 0. The van der Waals surface area contributed by atoms with E-state index in [9.17, 15) is 19.5 Å². The predicted molar refractivity (Wildman–Crippen MR) is 165 cm³/mol. The van der Waals surface area contributed by atoms with Gasteiger partial charge in [0.2, 0.25) is 11.8 Å².